The van der Waals surface area contributed by atoms with Crippen LogP contribution in [0.3, 0.4) is 0 Å². The summed E-state index contributed by atoms with van der Waals surface area (Å²) in [5, 5.41) is 9.52. The molecule has 0 saturated heterocycles. The van der Waals surface area contributed by atoms with Crippen molar-refractivity contribution in [1.29, 1.82) is 0 Å². The Hall–Kier alpha value is -3.01. The van der Waals surface area contributed by atoms with Gasteiger partial charge >= 0.3 is 0 Å². The van der Waals surface area contributed by atoms with E-state index < -0.39 is 10.0 Å². The molecule has 164 valence electrons. The molecule has 6 nitrogen and oxygen atoms in total. The molecule has 0 spiro atoms. The van der Waals surface area contributed by atoms with E-state index in [1.807, 2.05) is 35.2 Å². The van der Waals surface area contributed by atoms with Crippen LogP contribution in [0, 0.1) is 13.8 Å². The van der Waals surface area contributed by atoms with Crippen LogP contribution in [0.2, 0.25) is 0 Å². The molecular weight excluding hydrogens is 462 g/mol. The Morgan fingerprint density at radius 2 is 1.88 bits per heavy atom. The lowest BCUT2D eigenvalue weighted by atomic mass is 10.2. The van der Waals surface area contributed by atoms with Gasteiger partial charge in [-0.3, -0.25) is 9.52 Å². The van der Waals surface area contributed by atoms with Crippen LogP contribution in [-0.4, -0.2) is 19.3 Å². The van der Waals surface area contributed by atoms with Gasteiger partial charge in [0, 0.05) is 27.7 Å². The Bertz CT molecular complexity index is 1360. The van der Waals surface area contributed by atoms with E-state index in [9.17, 15) is 13.2 Å². The first-order chi connectivity index (χ1) is 15.3. The van der Waals surface area contributed by atoms with Crippen molar-refractivity contribution >= 4 is 50.0 Å². The highest BCUT2D eigenvalue weighted by molar-refractivity contribution is 7.92. The number of hydrogen-bond donors (Lipinski definition) is 2. The van der Waals surface area contributed by atoms with Crippen molar-refractivity contribution in [2.75, 3.05) is 10.0 Å². The monoisotopic (exact) mass is 483 g/mol. The largest absolute Gasteiger partial charge is 0.326 e. The Labute approximate surface area is 195 Å². The molecule has 2 aromatic heterocycles. The molecule has 1 amide bonds. The number of carbonyl (C=O) groups is 1. The van der Waals surface area contributed by atoms with Crippen molar-refractivity contribution in [1.82, 2.24) is 4.98 Å². The second-order valence-electron chi connectivity index (χ2n) is 7.34. The van der Waals surface area contributed by atoms with Gasteiger partial charge in [0.2, 0.25) is 5.91 Å². The molecule has 4 aromatic rings. The summed E-state index contributed by atoms with van der Waals surface area (Å²) in [5.74, 6) is -0.258. The molecule has 2 aromatic carbocycles. The molecule has 0 saturated carbocycles. The van der Waals surface area contributed by atoms with Crippen LogP contribution in [0.25, 0.3) is 10.6 Å². The molecular formula is C23H21N3O3S3. The lowest BCUT2D eigenvalue weighted by molar-refractivity contribution is -0.115. The first kappa shape index (κ1) is 22.2. The molecule has 32 heavy (non-hydrogen) atoms. The summed E-state index contributed by atoms with van der Waals surface area (Å²) < 4.78 is 28.5. The molecule has 2 N–H and O–H groups in total. The lowest BCUT2D eigenvalue weighted by Gasteiger charge is -2.13. The third kappa shape index (κ3) is 5.24. The molecule has 0 aliphatic carbocycles. The van der Waals surface area contributed by atoms with Crippen molar-refractivity contribution in [3.05, 3.63) is 81.5 Å². The van der Waals surface area contributed by atoms with E-state index in [0.717, 1.165) is 16.1 Å². The fraction of sp³-hybridized carbons (Fsp3) is 0.130. The minimum atomic E-state index is -3.81. The van der Waals surface area contributed by atoms with E-state index in [2.05, 4.69) is 15.0 Å². The highest BCUT2D eigenvalue weighted by atomic mass is 32.2. The molecule has 0 radical (unpaired) electrons. The van der Waals surface area contributed by atoms with Crippen LogP contribution in [0.4, 0.5) is 11.4 Å². The second kappa shape index (κ2) is 9.23. The number of anilines is 2. The van der Waals surface area contributed by atoms with E-state index in [0.29, 0.717) is 22.6 Å². The SMILES string of the molecule is Cc1cccc(NS(=O)(=O)c2cc(NC(=O)Cc3csc(-c4ccsc4)n3)ccc2C)c1. The fourth-order valence-electron chi connectivity index (χ4n) is 3.16. The van der Waals surface area contributed by atoms with Gasteiger partial charge < -0.3 is 5.32 Å². The number of hydrogen-bond acceptors (Lipinski definition) is 6. The highest BCUT2D eigenvalue weighted by Gasteiger charge is 2.19. The minimum absolute atomic E-state index is 0.109. The Balaban J connectivity index is 1.48. The van der Waals surface area contributed by atoms with E-state index in [1.165, 1.54) is 17.4 Å². The number of carbonyl (C=O) groups excluding carboxylic acids is 1. The number of aromatic nitrogens is 1. The number of benzene rings is 2. The molecule has 4 rings (SSSR count). The van der Waals surface area contributed by atoms with Crippen LogP contribution in [0.15, 0.2) is 69.6 Å². The van der Waals surface area contributed by atoms with Crippen LogP contribution >= 0.6 is 22.7 Å². The number of sulfonamides is 1. The summed E-state index contributed by atoms with van der Waals surface area (Å²) in [6, 6.07) is 14.0. The molecule has 9 heteroatoms. The summed E-state index contributed by atoms with van der Waals surface area (Å²) in [5.41, 5.74) is 4.16. The fourth-order valence-corrected chi connectivity index (χ4v) is 6.02. The Morgan fingerprint density at radius 3 is 2.62 bits per heavy atom. The highest BCUT2D eigenvalue weighted by Crippen LogP contribution is 2.26. The number of thiazole rings is 1. The maximum atomic E-state index is 12.9. The second-order valence-corrected chi connectivity index (χ2v) is 10.6. The van der Waals surface area contributed by atoms with Gasteiger partial charge in [0.1, 0.15) is 5.01 Å². The average molecular weight is 484 g/mol. The standard InChI is InChI=1S/C23H21N3O3S3/c1-15-4-3-5-19(10-15)26-32(28,29)21-11-18(7-6-16(21)2)24-22(27)12-20-14-31-23(25-20)17-8-9-30-13-17/h3-11,13-14,26H,12H2,1-2H3,(H,24,27). The van der Waals surface area contributed by atoms with Crippen LogP contribution in [0.1, 0.15) is 16.8 Å². The predicted molar refractivity (Wildman–Crippen MR) is 131 cm³/mol. The minimum Gasteiger partial charge on any atom is -0.326 e. The summed E-state index contributed by atoms with van der Waals surface area (Å²) in [6.07, 6.45) is 0.109. The molecule has 0 bridgehead atoms. The summed E-state index contributed by atoms with van der Waals surface area (Å²) in [6.45, 7) is 3.61. The first-order valence-corrected chi connectivity index (χ1v) is 13.1. The van der Waals surface area contributed by atoms with Crippen molar-refractivity contribution < 1.29 is 13.2 Å². The number of nitrogens with zero attached hydrogens (tertiary/aromatic N) is 1. The van der Waals surface area contributed by atoms with Crippen LogP contribution in [-0.2, 0) is 21.2 Å². The molecule has 2 heterocycles. The lowest BCUT2D eigenvalue weighted by Crippen LogP contribution is -2.17. The quantitative estimate of drug-likeness (QED) is 0.365. The van der Waals surface area contributed by atoms with E-state index in [4.69, 9.17) is 0 Å². The van der Waals surface area contributed by atoms with Gasteiger partial charge in [0.05, 0.1) is 17.0 Å². The third-order valence-electron chi connectivity index (χ3n) is 4.69. The summed E-state index contributed by atoms with van der Waals surface area (Å²) in [4.78, 5) is 17.2. The number of nitrogens with one attached hydrogen (secondary N) is 2. The topological polar surface area (TPSA) is 88.2 Å². The van der Waals surface area contributed by atoms with E-state index in [-0.39, 0.29) is 17.2 Å². The molecule has 0 atom stereocenters. The van der Waals surface area contributed by atoms with Gasteiger partial charge in [0.25, 0.3) is 10.0 Å². The normalized spacial score (nSPS) is 11.3. The molecule has 0 unspecified atom stereocenters. The number of thiophene rings is 1. The average Bonchev–Trinajstić information content (AvgIpc) is 3.41. The van der Waals surface area contributed by atoms with Gasteiger partial charge in [-0.05, 0) is 60.7 Å². The van der Waals surface area contributed by atoms with E-state index in [1.54, 1.807) is 48.6 Å². The van der Waals surface area contributed by atoms with Gasteiger partial charge in [-0.25, -0.2) is 13.4 Å². The van der Waals surface area contributed by atoms with Crippen LogP contribution in [0.5, 0.6) is 0 Å². The molecule has 0 fully saturated rings. The van der Waals surface area contributed by atoms with Gasteiger partial charge in [-0.15, -0.1) is 11.3 Å². The van der Waals surface area contributed by atoms with Crippen molar-refractivity contribution in [3.63, 3.8) is 0 Å². The summed E-state index contributed by atoms with van der Waals surface area (Å²) >= 11 is 3.09. The molecule has 0 aliphatic rings. The van der Waals surface area contributed by atoms with E-state index >= 15 is 0 Å². The zero-order valence-electron chi connectivity index (χ0n) is 17.5. The smallest absolute Gasteiger partial charge is 0.262 e. The van der Waals surface area contributed by atoms with Crippen LogP contribution < -0.4 is 10.0 Å². The predicted octanol–water partition coefficient (Wildman–Crippen LogP) is 5.47. The maximum Gasteiger partial charge on any atom is 0.262 e. The summed E-state index contributed by atoms with van der Waals surface area (Å²) in [7, 11) is -3.81. The maximum absolute atomic E-state index is 12.9. The van der Waals surface area contributed by atoms with Gasteiger partial charge in [-0.1, -0.05) is 18.2 Å². The van der Waals surface area contributed by atoms with Crippen molar-refractivity contribution in [2.45, 2.75) is 25.2 Å². The Morgan fingerprint density at radius 1 is 1.03 bits per heavy atom. The number of rotatable bonds is 7. The van der Waals surface area contributed by atoms with Gasteiger partial charge in [-0.2, -0.15) is 11.3 Å². The van der Waals surface area contributed by atoms with Gasteiger partial charge in [0.15, 0.2) is 0 Å². The molecule has 0 aliphatic heterocycles. The zero-order valence-corrected chi connectivity index (χ0v) is 19.9. The number of amides is 1. The van der Waals surface area contributed by atoms with Crippen molar-refractivity contribution in [2.24, 2.45) is 0 Å². The Kier molecular flexibility index (Phi) is 6.40. The van der Waals surface area contributed by atoms with Crippen molar-refractivity contribution in [3.8, 4) is 10.6 Å². The zero-order chi connectivity index (χ0) is 22.7. The third-order valence-corrected chi connectivity index (χ3v) is 7.84. The number of aryl methyl sites for hydroxylation is 2. The first-order valence-electron chi connectivity index (χ1n) is 9.77.